The van der Waals surface area contributed by atoms with Gasteiger partial charge in [0.1, 0.15) is 18.1 Å². The summed E-state index contributed by atoms with van der Waals surface area (Å²) in [6.07, 6.45) is 3.90. The third-order valence-electron chi connectivity index (χ3n) is 3.75. The summed E-state index contributed by atoms with van der Waals surface area (Å²) in [6, 6.07) is 3.43. The van der Waals surface area contributed by atoms with Crippen LogP contribution in [0.25, 0.3) is 5.76 Å². The van der Waals surface area contributed by atoms with Gasteiger partial charge in [-0.3, -0.25) is 4.90 Å². The molecule has 0 radical (unpaired) electrons. The van der Waals surface area contributed by atoms with Crippen LogP contribution in [0.3, 0.4) is 0 Å². The predicted octanol–water partition coefficient (Wildman–Crippen LogP) is 3.40. The van der Waals surface area contributed by atoms with E-state index in [1.165, 1.54) is 19.3 Å². The van der Waals surface area contributed by atoms with Crippen LogP contribution in [0.15, 0.2) is 18.7 Å². The maximum Gasteiger partial charge on any atom is 0.131 e. The molecule has 1 fully saturated rings. The largest absolute Gasteiger partial charge is 0.496 e. The SMILES string of the molecule is C=C(OCCN1CCCCC1)c1cc(Cl)c(N)cc1OC. The second-order valence-electron chi connectivity index (χ2n) is 5.25. The van der Waals surface area contributed by atoms with Crippen LogP contribution in [0.5, 0.6) is 5.75 Å². The molecule has 0 amide bonds. The van der Waals surface area contributed by atoms with E-state index in [0.29, 0.717) is 28.8 Å². The van der Waals surface area contributed by atoms with Crippen LogP contribution >= 0.6 is 11.6 Å². The van der Waals surface area contributed by atoms with Crippen molar-refractivity contribution >= 4 is 23.0 Å². The van der Waals surface area contributed by atoms with Crippen LogP contribution in [0.1, 0.15) is 24.8 Å². The van der Waals surface area contributed by atoms with Gasteiger partial charge >= 0.3 is 0 Å². The first-order valence-electron chi connectivity index (χ1n) is 7.29. The Labute approximate surface area is 131 Å². The first-order chi connectivity index (χ1) is 10.1. The zero-order valence-electron chi connectivity index (χ0n) is 12.5. The van der Waals surface area contributed by atoms with Crippen molar-refractivity contribution in [2.24, 2.45) is 0 Å². The quantitative estimate of drug-likeness (QED) is 0.646. The molecule has 0 unspecified atom stereocenters. The van der Waals surface area contributed by atoms with E-state index >= 15 is 0 Å². The molecule has 1 saturated heterocycles. The van der Waals surface area contributed by atoms with E-state index in [4.69, 9.17) is 26.8 Å². The number of nitrogens with two attached hydrogens (primary N) is 1. The smallest absolute Gasteiger partial charge is 0.131 e. The van der Waals surface area contributed by atoms with Gasteiger partial charge in [0.15, 0.2) is 0 Å². The van der Waals surface area contributed by atoms with E-state index < -0.39 is 0 Å². The molecule has 1 aliphatic heterocycles. The molecule has 2 N–H and O–H groups in total. The number of benzene rings is 1. The minimum absolute atomic E-state index is 0.478. The molecule has 4 nitrogen and oxygen atoms in total. The van der Waals surface area contributed by atoms with Crippen molar-refractivity contribution in [1.29, 1.82) is 0 Å². The summed E-state index contributed by atoms with van der Waals surface area (Å²) in [4.78, 5) is 2.42. The minimum atomic E-state index is 0.478. The van der Waals surface area contributed by atoms with Crippen LogP contribution in [0.2, 0.25) is 5.02 Å². The van der Waals surface area contributed by atoms with Gasteiger partial charge in [-0.1, -0.05) is 24.6 Å². The van der Waals surface area contributed by atoms with Crippen LogP contribution < -0.4 is 10.5 Å². The second kappa shape index (κ2) is 7.57. The van der Waals surface area contributed by atoms with Gasteiger partial charge < -0.3 is 15.2 Å². The fourth-order valence-electron chi connectivity index (χ4n) is 2.51. The van der Waals surface area contributed by atoms with Crippen LogP contribution in [-0.4, -0.2) is 38.3 Å². The van der Waals surface area contributed by atoms with Crippen molar-refractivity contribution in [3.05, 3.63) is 29.3 Å². The first kappa shape index (κ1) is 16.0. The Kier molecular flexibility index (Phi) is 5.76. The summed E-state index contributed by atoms with van der Waals surface area (Å²) in [7, 11) is 1.59. The van der Waals surface area contributed by atoms with E-state index in [9.17, 15) is 0 Å². The number of piperidine rings is 1. The lowest BCUT2D eigenvalue weighted by Gasteiger charge is -2.26. The molecule has 116 valence electrons. The van der Waals surface area contributed by atoms with Gasteiger partial charge in [0.25, 0.3) is 0 Å². The van der Waals surface area contributed by atoms with Crippen molar-refractivity contribution < 1.29 is 9.47 Å². The zero-order chi connectivity index (χ0) is 15.2. The zero-order valence-corrected chi connectivity index (χ0v) is 13.3. The Morgan fingerprint density at radius 2 is 2.05 bits per heavy atom. The standard InChI is InChI=1S/C16H23ClN2O2/c1-12(21-9-8-19-6-4-3-5-7-19)13-10-14(17)15(18)11-16(13)20-2/h10-11H,1,3-9,18H2,2H3. The maximum atomic E-state index is 6.06. The average Bonchev–Trinajstić information content (AvgIpc) is 2.50. The van der Waals surface area contributed by atoms with Crippen LogP contribution in [-0.2, 0) is 4.74 Å². The number of halogens is 1. The summed E-state index contributed by atoms with van der Waals surface area (Å²) in [5, 5.41) is 0.478. The molecule has 2 rings (SSSR count). The summed E-state index contributed by atoms with van der Waals surface area (Å²) >= 11 is 6.06. The van der Waals surface area contributed by atoms with Crippen LogP contribution in [0.4, 0.5) is 5.69 Å². The number of methoxy groups -OCH3 is 1. The van der Waals surface area contributed by atoms with E-state index in [2.05, 4.69) is 11.5 Å². The molecule has 0 aliphatic carbocycles. The summed E-state index contributed by atoms with van der Waals surface area (Å²) in [5.41, 5.74) is 7.00. The Morgan fingerprint density at radius 1 is 1.33 bits per heavy atom. The lowest BCUT2D eigenvalue weighted by molar-refractivity contribution is 0.170. The topological polar surface area (TPSA) is 47.7 Å². The van der Waals surface area contributed by atoms with E-state index in [1.54, 1.807) is 19.2 Å². The molecule has 0 atom stereocenters. The van der Waals surface area contributed by atoms with Gasteiger partial charge in [-0.2, -0.15) is 0 Å². The minimum Gasteiger partial charge on any atom is -0.496 e. The fourth-order valence-corrected chi connectivity index (χ4v) is 2.68. The van der Waals surface area contributed by atoms with Crippen molar-refractivity contribution in [2.75, 3.05) is 39.1 Å². The van der Waals surface area contributed by atoms with Gasteiger partial charge in [0.05, 0.1) is 23.4 Å². The molecule has 0 aromatic heterocycles. The van der Waals surface area contributed by atoms with Crippen molar-refractivity contribution in [2.45, 2.75) is 19.3 Å². The molecule has 5 heteroatoms. The predicted molar refractivity (Wildman–Crippen MR) is 87.7 cm³/mol. The Morgan fingerprint density at radius 3 is 2.71 bits per heavy atom. The lowest BCUT2D eigenvalue weighted by atomic mass is 10.1. The van der Waals surface area contributed by atoms with Gasteiger partial charge in [-0.05, 0) is 32.0 Å². The number of anilines is 1. The lowest BCUT2D eigenvalue weighted by Crippen LogP contribution is -2.32. The van der Waals surface area contributed by atoms with Gasteiger partial charge in [-0.25, -0.2) is 0 Å². The van der Waals surface area contributed by atoms with Crippen molar-refractivity contribution in [1.82, 2.24) is 4.90 Å². The molecule has 1 aromatic rings. The number of hydrogen-bond acceptors (Lipinski definition) is 4. The third-order valence-corrected chi connectivity index (χ3v) is 4.08. The highest BCUT2D eigenvalue weighted by molar-refractivity contribution is 6.33. The van der Waals surface area contributed by atoms with Crippen molar-refractivity contribution in [3.8, 4) is 5.75 Å². The molecule has 0 spiro atoms. The maximum absolute atomic E-state index is 6.06. The molecule has 1 heterocycles. The number of likely N-dealkylation sites (tertiary alicyclic amines) is 1. The number of ether oxygens (including phenoxy) is 2. The summed E-state index contributed by atoms with van der Waals surface area (Å²) in [5.74, 6) is 1.19. The van der Waals surface area contributed by atoms with Gasteiger partial charge in [0.2, 0.25) is 0 Å². The monoisotopic (exact) mass is 310 g/mol. The molecule has 0 saturated carbocycles. The van der Waals surface area contributed by atoms with E-state index in [1.807, 2.05) is 0 Å². The molecular formula is C16H23ClN2O2. The van der Waals surface area contributed by atoms with Crippen molar-refractivity contribution in [3.63, 3.8) is 0 Å². The van der Waals surface area contributed by atoms with Crippen LogP contribution in [0, 0.1) is 0 Å². The fraction of sp³-hybridized carbons (Fsp3) is 0.500. The Hall–Kier alpha value is -1.39. The van der Waals surface area contributed by atoms with E-state index in [-0.39, 0.29) is 0 Å². The molecule has 0 bridgehead atoms. The third kappa shape index (κ3) is 4.29. The number of rotatable bonds is 6. The van der Waals surface area contributed by atoms with Gasteiger partial charge in [-0.15, -0.1) is 0 Å². The van der Waals surface area contributed by atoms with E-state index in [0.717, 1.165) is 25.2 Å². The number of hydrogen-bond donors (Lipinski definition) is 1. The van der Waals surface area contributed by atoms with Gasteiger partial charge in [0, 0.05) is 12.6 Å². The normalized spacial score (nSPS) is 15.7. The highest BCUT2D eigenvalue weighted by Gasteiger charge is 2.13. The number of nitrogen functional groups attached to an aromatic ring is 1. The Balaban J connectivity index is 1.92. The molecule has 1 aliphatic rings. The summed E-state index contributed by atoms with van der Waals surface area (Å²) < 4.78 is 11.1. The summed E-state index contributed by atoms with van der Waals surface area (Å²) in [6.45, 7) is 7.82. The first-order valence-corrected chi connectivity index (χ1v) is 7.67. The molecular weight excluding hydrogens is 288 g/mol. The molecule has 21 heavy (non-hydrogen) atoms. The Bertz CT molecular complexity index is 499. The second-order valence-corrected chi connectivity index (χ2v) is 5.66. The molecule has 1 aromatic carbocycles. The highest BCUT2D eigenvalue weighted by atomic mass is 35.5. The highest BCUT2D eigenvalue weighted by Crippen LogP contribution is 2.33. The average molecular weight is 311 g/mol. The number of nitrogens with zero attached hydrogens (tertiary/aromatic N) is 1.